The Morgan fingerprint density at radius 1 is 1.32 bits per heavy atom. The van der Waals surface area contributed by atoms with Gasteiger partial charge in [-0.05, 0) is 30.3 Å². The van der Waals surface area contributed by atoms with E-state index >= 15 is 0 Å². The molecule has 1 aliphatic heterocycles. The van der Waals surface area contributed by atoms with E-state index in [0.717, 1.165) is 4.47 Å². The highest BCUT2D eigenvalue weighted by Crippen LogP contribution is 2.27. The number of carbonyl (C=O) groups is 3. The molecule has 2 N–H and O–H groups in total. The van der Waals surface area contributed by atoms with Crippen molar-refractivity contribution in [3.05, 3.63) is 51.9 Å². The van der Waals surface area contributed by atoms with Gasteiger partial charge in [-0.25, -0.2) is 0 Å². The summed E-state index contributed by atoms with van der Waals surface area (Å²) >= 11 is 9.28. The summed E-state index contributed by atoms with van der Waals surface area (Å²) in [6, 6.07) is 8.49. The number of furan rings is 1. The van der Waals surface area contributed by atoms with Crippen molar-refractivity contribution in [1.29, 1.82) is 0 Å². The normalized spacial score (nSPS) is 16.1. The summed E-state index contributed by atoms with van der Waals surface area (Å²) < 4.78 is 11.3. The molecule has 1 aromatic carbocycles. The number of benzene rings is 1. The first-order chi connectivity index (χ1) is 13.4. The lowest BCUT2D eigenvalue weighted by atomic mass is 10.1. The number of hydrogen-bond donors (Lipinski definition) is 2. The van der Waals surface area contributed by atoms with E-state index < -0.39 is 17.7 Å². The smallest absolute Gasteiger partial charge is 0.276 e. The largest absolute Gasteiger partial charge is 0.482 e. The van der Waals surface area contributed by atoms with Gasteiger partial charge in [0.25, 0.3) is 5.91 Å². The zero-order valence-electron chi connectivity index (χ0n) is 14.6. The lowest BCUT2D eigenvalue weighted by Crippen LogP contribution is -2.46. The lowest BCUT2D eigenvalue weighted by Gasteiger charge is -2.15. The fourth-order valence-electron chi connectivity index (χ4n) is 2.70. The van der Waals surface area contributed by atoms with Crippen LogP contribution in [0.5, 0.6) is 5.75 Å². The van der Waals surface area contributed by atoms with Crippen LogP contribution >= 0.6 is 27.5 Å². The van der Waals surface area contributed by atoms with E-state index in [1.807, 2.05) is 0 Å². The Balaban J connectivity index is 1.42. The van der Waals surface area contributed by atoms with E-state index in [9.17, 15) is 14.4 Å². The van der Waals surface area contributed by atoms with Crippen molar-refractivity contribution >= 4 is 45.3 Å². The first-order valence-corrected chi connectivity index (χ1v) is 9.56. The highest BCUT2D eigenvalue weighted by molar-refractivity contribution is 9.10. The first kappa shape index (κ1) is 20.2. The molecule has 3 amide bonds. The van der Waals surface area contributed by atoms with Crippen molar-refractivity contribution in [3.8, 4) is 5.75 Å². The first-order valence-electron chi connectivity index (χ1n) is 8.39. The fourth-order valence-corrected chi connectivity index (χ4v) is 3.42. The van der Waals surface area contributed by atoms with Crippen LogP contribution in [0.2, 0.25) is 5.02 Å². The number of nitrogens with zero attached hydrogens (tertiary/aromatic N) is 1. The van der Waals surface area contributed by atoms with Gasteiger partial charge in [-0.15, -0.1) is 0 Å². The second-order valence-corrected chi connectivity index (χ2v) is 7.48. The number of halogens is 2. The molecule has 10 heteroatoms. The van der Waals surface area contributed by atoms with E-state index in [4.69, 9.17) is 20.8 Å². The number of amides is 3. The van der Waals surface area contributed by atoms with Gasteiger partial charge in [0.1, 0.15) is 11.5 Å². The third-order valence-corrected chi connectivity index (χ3v) is 4.88. The molecule has 0 aliphatic carbocycles. The zero-order valence-corrected chi connectivity index (χ0v) is 17.0. The maximum atomic E-state index is 12.2. The van der Waals surface area contributed by atoms with Crippen molar-refractivity contribution < 1.29 is 23.5 Å². The molecule has 1 fully saturated rings. The lowest BCUT2D eigenvalue weighted by molar-refractivity contribution is -0.132. The van der Waals surface area contributed by atoms with Crippen molar-refractivity contribution in [3.63, 3.8) is 0 Å². The van der Waals surface area contributed by atoms with Crippen molar-refractivity contribution in [2.45, 2.75) is 13.0 Å². The molecule has 1 aliphatic rings. The van der Waals surface area contributed by atoms with Crippen LogP contribution in [0.1, 0.15) is 12.2 Å². The number of carbonyl (C=O) groups excluding carboxylic acids is 3. The van der Waals surface area contributed by atoms with Gasteiger partial charge in [0.15, 0.2) is 6.61 Å². The van der Waals surface area contributed by atoms with Gasteiger partial charge >= 0.3 is 0 Å². The molecule has 0 radical (unpaired) electrons. The molecule has 1 saturated heterocycles. The Morgan fingerprint density at radius 3 is 2.86 bits per heavy atom. The summed E-state index contributed by atoms with van der Waals surface area (Å²) in [5.41, 5.74) is 4.59. The van der Waals surface area contributed by atoms with Crippen molar-refractivity contribution in [2.24, 2.45) is 5.92 Å². The summed E-state index contributed by atoms with van der Waals surface area (Å²) in [4.78, 5) is 37.7. The quantitative estimate of drug-likeness (QED) is 0.631. The minimum atomic E-state index is -0.552. The van der Waals surface area contributed by atoms with Crippen molar-refractivity contribution in [2.75, 3.05) is 13.2 Å². The average molecular weight is 471 g/mol. The third kappa shape index (κ3) is 5.26. The topological polar surface area (TPSA) is 101 Å². The SMILES string of the molecule is O=C(COc1ccc(Br)cc1Cl)NNC(=O)C1CC(=O)N(Cc2ccco2)C1. The molecule has 0 spiro atoms. The van der Waals surface area contributed by atoms with E-state index in [1.54, 1.807) is 35.2 Å². The van der Waals surface area contributed by atoms with E-state index in [0.29, 0.717) is 23.1 Å². The highest BCUT2D eigenvalue weighted by Gasteiger charge is 2.34. The molecule has 2 aromatic rings. The van der Waals surface area contributed by atoms with Gasteiger partial charge in [0, 0.05) is 17.4 Å². The van der Waals surface area contributed by atoms with E-state index in [2.05, 4.69) is 26.8 Å². The fraction of sp³-hybridized carbons (Fsp3) is 0.278. The van der Waals surface area contributed by atoms with Crippen LogP contribution < -0.4 is 15.6 Å². The Hall–Kier alpha value is -2.52. The van der Waals surface area contributed by atoms with Crippen LogP contribution in [0.15, 0.2) is 45.5 Å². The molecule has 1 atom stereocenters. The number of nitrogens with one attached hydrogen (secondary N) is 2. The molecular weight excluding hydrogens is 454 g/mol. The summed E-state index contributed by atoms with van der Waals surface area (Å²) in [6.45, 7) is 0.242. The molecule has 8 nitrogen and oxygen atoms in total. The molecular formula is C18H17BrClN3O5. The molecule has 1 unspecified atom stereocenters. The second kappa shape index (κ2) is 9.11. The van der Waals surface area contributed by atoms with Crippen LogP contribution in [-0.2, 0) is 20.9 Å². The summed E-state index contributed by atoms with van der Waals surface area (Å²) in [7, 11) is 0. The summed E-state index contributed by atoms with van der Waals surface area (Å²) in [5, 5.41) is 0.354. The number of ether oxygens (including phenoxy) is 1. The van der Waals surface area contributed by atoms with Crippen molar-refractivity contribution in [1.82, 2.24) is 15.8 Å². The number of hydrogen-bond acceptors (Lipinski definition) is 5. The van der Waals surface area contributed by atoms with Crippen LogP contribution in [0, 0.1) is 5.92 Å². The molecule has 0 saturated carbocycles. The predicted octanol–water partition coefficient (Wildman–Crippen LogP) is 2.27. The number of likely N-dealkylation sites (tertiary alicyclic amines) is 1. The Kier molecular flexibility index (Phi) is 6.58. The number of rotatable bonds is 6. The molecule has 3 rings (SSSR count). The Labute approximate surface area is 174 Å². The van der Waals surface area contributed by atoms with Crippen LogP contribution in [0.25, 0.3) is 0 Å². The van der Waals surface area contributed by atoms with Gasteiger partial charge in [-0.3, -0.25) is 25.2 Å². The summed E-state index contributed by atoms with van der Waals surface area (Å²) in [5.74, 6) is -0.692. The molecule has 2 heterocycles. The molecule has 1 aromatic heterocycles. The zero-order chi connectivity index (χ0) is 20.1. The second-order valence-electron chi connectivity index (χ2n) is 6.16. The molecule has 0 bridgehead atoms. The van der Waals surface area contributed by atoms with Crippen LogP contribution in [-0.4, -0.2) is 35.8 Å². The van der Waals surface area contributed by atoms with Gasteiger partial charge in [0.2, 0.25) is 11.8 Å². The maximum Gasteiger partial charge on any atom is 0.276 e. The standard InChI is InChI=1S/C18H17BrClN3O5/c19-12-3-4-15(14(20)7-12)28-10-16(24)21-22-18(26)11-6-17(25)23(8-11)9-13-2-1-5-27-13/h1-5,7,11H,6,8-10H2,(H,21,24)(H,22,26). The Bertz CT molecular complexity index is 874. The minimum absolute atomic E-state index is 0.0768. The highest BCUT2D eigenvalue weighted by atomic mass is 79.9. The van der Waals surface area contributed by atoms with Gasteiger partial charge in [0.05, 0.1) is 23.7 Å². The molecule has 148 valence electrons. The van der Waals surface area contributed by atoms with Crippen LogP contribution in [0.4, 0.5) is 0 Å². The third-order valence-electron chi connectivity index (χ3n) is 4.09. The van der Waals surface area contributed by atoms with Crippen LogP contribution in [0.3, 0.4) is 0 Å². The predicted molar refractivity (Wildman–Crippen MR) is 103 cm³/mol. The average Bonchev–Trinajstić information content (AvgIpc) is 3.29. The minimum Gasteiger partial charge on any atom is -0.482 e. The van der Waals surface area contributed by atoms with Gasteiger partial charge < -0.3 is 14.1 Å². The maximum absolute atomic E-state index is 12.2. The molecule has 28 heavy (non-hydrogen) atoms. The van der Waals surface area contributed by atoms with E-state index in [1.165, 1.54) is 6.26 Å². The summed E-state index contributed by atoms with van der Waals surface area (Å²) in [6.07, 6.45) is 1.60. The number of hydrazine groups is 1. The van der Waals surface area contributed by atoms with Gasteiger partial charge in [-0.2, -0.15) is 0 Å². The van der Waals surface area contributed by atoms with E-state index in [-0.39, 0.29) is 25.5 Å². The Morgan fingerprint density at radius 2 is 2.14 bits per heavy atom. The monoisotopic (exact) mass is 469 g/mol. The van der Waals surface area contributed by atoms with Gasteiger partial charge in [-0.1, -0.05) is 27.5 Å².